The topological polar surface area (TPSA) is 78.8 Å². The zero-order valence-corrected chi connectivity index (χ0v) is 19.9. The molecule has 8 nitrogen and oxygen atoms in total. The van der Waals surface area contributed by atoms with Crippen LogP contribution in [0.4, 0.5) is 16.6 Å². The highest BCUT2D eigenvalue weighted by Gasteiger charge is 2.17. The van der Waals surface area contributed by atoms with E-state index >= 15 is 0 Å². The molecule has 172 valence electrons. The van der Waals surface area contributed by atoms with Gasteiger partial charge in [0.25, 0.3) is 0 Å². The lowest BCUT2D eigenvalue weighted by Gasteiger charge is -2.36. The fourth-order valence-corrected chi connectivity index (χ4v) is 4.53. The number of hydrogen-bond donors (Lipinski definition) is 1. The first-order valence-electron chi connectivity index (χ1n) is 10.9. The number of hydrogen-bond acceptors (Lipinski definition) is 9. The van der Waals surface area contributed by atoms with Gasteiger partial charge in [-0.2, -0.15) is 0 Å². The van der Waals surface area contributed by atoms with Crippen LogP contribution in [0.2, 0.25) is 0 Å². The van der Waals surface area contributed by atoms with Gasteiger partial charge in [0.05, 0.1) is 12.3 Å². The number of fused-ring (bicyclic) bond motifs is 1. The summed E-state index contributed by atoms with van der Waals surface area (Å²) >= 11 is 1.51. The molecule has 33 heavy (non-hydrogen) atoms. The minimum absolute atomic E-state index is 0.767. The lowest BCUT2D eigenvalue weighted by Crippen LogP contribution is -2.47. The summed E-state index contributed by atoms with van der Waals surface area (Å²) in [6.45, 7) is 9.69. The third-order valence-corrected chi connectivity index (χ3v) is 6.38. The maximum Gasteiger partial charge on any atom is 0.190 e. The SMILES string of the molecule is C=C/C(=C\C=NC)c1ccc2nc(Nc3cc(N4CCN(CCOC)CC4)ccn3)sc2n1. The number of anilines is 3. The Morgan fingerprint density at radius 3 is 2.85 bits per heavy atom. The maximum atomic E-state index is 5.20. The van der Waals surface area contributed by atoms with E-state index in [9.17, 15) is 0 Å². The average molecular weight is 464 g/mol. The van der Waals surface area contributed by atoms with Gasteiger partial charge in [0.1, 0.15) is 16.2 Å². The summed E-state index contributed by atoms with van der Waals surface area (Å²) in [7, 11) is 3.49. The molecule has 0 radical (unpaired) electrons. The van der Waals surface area contributed by atoms with Crippen LogP contribution in [0.5, 0.6) is 0 Å². The van der Waals surface area contributed by atoms with E-state index in [2.05, 4.69) is 48.8 Å². The lowest BCUT2D eigenvalue weighted by atomic mass is 10.1. The Labute approximate surface area is 198 Å². The maximum absolute atomic E-state index is 5.20. The van der Waals surface area contributed by atoms with Gasteiger partial charge < -0.3 is 15.0 Å². The van der Waals surface area contributed by atoms with Crippen LogP contribution in [0.25, 0.3) is 15.9 Å². The zero-order chi connectivity index (χ0) is 23.0. The van der Waals surface area contributed by atoms with Crippen molar-refractivity contribution in [2.45, 2.75) is 0 Å². The Hall–Kier alpha value is -3.14. The van der Waals surface area contributed by atoms with Crippen molar-refractivity contribution in [1.29, 1.82) is 0 Å². The van der Waals surface area contributed by atoms with Gasteiger partial charge in [-0.25, -0.2) is 15.0 Å². The largest absolute Gasteiger partial charge is 0.383 e. The van der Waals surface area contributed by atoms with Gasteiger partial charge in [-0.3, -0.25) is 9.89 Å². The van der Waals surface area contributed by atoms with Gasteiger partial charge in [0.2, 0.25) is 0 Å². The van der Waals surface area contributed by atoms with Crippen molar-refractivity contribution in [1.82, 2.24) is 19.9 Å². The quantitative estimate of drug-likeness (QED) is 0.381. The lowest BCUT2D eigenvalue weighted by molar-refractivity contribution is 0.144. The van der Waals surface area contributed by atoms with E-state index < -0.39 is 0 Å². The van der Waals surface area contributed by atoms with Crippen LogP contribution < -0.4 is 10.2 Å². The van der Waals surface area contributed by atoms with Crippen molar-refractivity contribution in [3.8, 4) is 0 Å². The third-order valence-electron chi connectivity index (χ3n) is 5.50. The van der Waals surface area contributed by atoms with E-state index in [1.807, 2.05) is 24.4 Å². The van der Waals surface area contributed by atoms with E-state index in [1.165, 1.54) is 17.0 Å². The molecule has 1 aliphatic rings. The number of rotatable bonds is 9. The minimum Gasteiger partial charge on any atom is -0.383 e. The number of methoxy groups -OCH3 is 1. The first kappa shape index (κ1) is 23.0. The standard InChI is InChI=1S/C24H29N7OS/c1-4-18(7-9-25-2)20-5-6-21-23(27-20)33-24(28-21)29-22-17-19(8-10-26-22)31-13-11-30(12-14-31)15-16-32-3/h4-10,17H,1,11-16H2,2-3H3,(H,26,28,29)/b18-7+,25-9?. The minimum atomic E-state index is 0.767. The molecule has 4 rings (SSSR count). The highest BCUT2D eigenvalue weighted by Crippen LogP contribution is 2.29. The molecule has 0 unspecified atom stereocenters. The van der Waals surface area contributed by atoms with Crippen LogP contribution in [-0.2, 0) is 4.74 Å². The van der Waals surface area contributed by atoms with E-state index in [0.717, 1.165) is 71.9 Å². The van der Waals surface area contributed by atoms with E-state index in [4.69, 9.17) is 9.72 Å². The molecule has 4 heterocycles. The summed E-state index contributed by atoms with van der Waals surface area (Å²) in [6.07, 6.45) is 7.26. The van der Waals surface area contributed by atoms with Crippen LogP contribution in [0.15, 0.2) is 54.2 Å². The normalized spacial score (nSPS) is 15.5. The molecule has 0 aliphatic carbocycles. The van der Waals surface area contributed by atoms with Crippen molar-refractivity contribution in [2.24, 2.45) is 4.99 Å². The Bertz CT molecular complexity index is 1150. The van der Waals surface area contributed by atoms with Crippen LogP contribution >= 0.6 is 11.3 Å². The number of ether oxygens (including phenoxy) is 1. The molecule has 0 amide bonds. The van der Waals surface area contributed by atoms with Crippen LogP contribution in [0.1, 0.15) is 5.69 Å². The summed E-state index contributed by atoms with van der Waals surface area (Å²) in [5, 5.41) is 4.12. The van der Waals surface area contributed by atoms with Gasteiger partial charge in [-0.15, -0.1) is 0 Å². The number of aliphatic imine (C=N–C) groups is 1. The van der Waals surface area contributed by atoms with Crippen LogP contribution in [-0.4, -0.2) is 79.6 Å². The number of thiazole rings is 1. The highest BCUT2D eigenvalue weighted by molar-refractivity contribution is 7.21. The Kier molecular flexibility index (Phi) is 7.77. The molecule has 1 fully saturated rings. The Balaban J connectivity index is 1.46. The molecule has 9 heteroatoms. The predicted molar refractivity (Wildman–Crippen MR) is 138 cm³/mol. The molecule has 0 aromatic carbocycles. The average Bonchev–Trinajstić information content (AvgIpc) is 3.25. The smallest absolute Gasteiger partial charge is 0.190 e. The summed E-state index contributed by atoms with van der Waals surface area (Å²) in [4.78, 5) is 23.6. The summed E-state index contributed by atoms with van der Waals surface area (Å²) in [5.41, 5.74) is 3.78. The van der Waals surface area contributed by atoms with E-state index in [0.29, 0.717) is 0 Å². The molecule has 3 aromatic heterocycles. The second-order valence-corrected chi connectivity index (χ2v) is 8.60. The van der Waals surface area contributed by atoms with Crippen molar-refractivity contribution in [2.75, 3.05) is 63.7 Å². The van der Waals surface area contributed by atoms with Gasteiger partial charge in [-0.1, -0.05) is 24.0 Å². The molecule has 3 aromatic rings. The first-order chi connectivity index (χ1) is 16.2. The fraction of sp³-hybridized carbons (Fsp3) is 0.333. The summed E-state index contributed by atoms with van der Waals surface area (Å²) in [6, 6.07) is 8.07. The second-order valence-electron chi connectivity index (χ2n) is 7.62. The van der Waals surface area contributed by atoms with Crippen LogP contribution in [0.3, 0.4) is 0 Å². The number of nitrogens with one attached hydrogen (secondary N) is 1. The molecule has 0 bridgehead atoms. The van der Waals surface area contributed by atoms with Crippen molar-refractivity contribution < 1.29 is 4.74 Å². The van der Waals surface area contributed by atoms with Gasteiger partial charge in [-0.05, 0) is 24.3 Å². The number of allylic oxidation sites excluding steroid dienone is 3. The van der Waals surface area contributed by atoms with Crippen LogP contribution in [0, 0.1) is 0 Å². The second kappa shape index (κ2) is 11.1. The molecular weight excluding hydrogens is 434 g/mol. The number of pyridine rings is 2. The number of piperazine rings is 1. The van der Waals surface area contributed by atoms with Crippen molar-refractivity contribution >= 4 is 50.1 Å². The van der Waals surface area contributed by atoms with Gasteiger partial charge >= 0.3 is 0 Å². The molecule has 1 aliphatic heterocycles. The highest BCUT2D eigenvalue weighted by atomic mass is 32.1. The molecule has 1 saturated heterocycles. The van der Waals surface area contributed by atoms with Gasteiger partial charge in [0, 0.05) is 76.6 Å². The first-order valence-corrected chi connectivity index (χ1v) is 11.7. The number of nitrogens with zero attached hydrogens (tertiary/aromatic N) is 6. The molecule has 0 spiro atoms. The number of aromatic nitrogens is 3. The van der Waals surface area contributed by atoms with E-state index in [1.54, 1.807) is 26.4 Å². The van der Waals surface area contributed by atoms with Crippen molar-refractivity contribution in [3.63, 3.8) is 0 Å². The Morgan fingerprint density at radius 2 is 2.09 bits per heavy atom. The summed E-state index contributed by atoms with van der Waals surface area (Å²) < 4.78 is 5.20. The predicted octanol–water partition coefficient (Wildman–Crippen LogP) is 3.87. The van der Waals surface area contributed by atoms with Gasteiger partial charge in [0.15, 0.2) is 5.13 Å². The van der Waals surface area contributed by atoms with Crippen molar-refractivity contribution in [3.05, 3.63) is 54.9 Å². The zero-order valence-electron chi connectivity index (χ0n) is 19.1. The Morgan fingerprint density at radius 1 is 1.24 bits per heavy atom. The fourth-order valence-electron chi connectivity index (χ4n) is 3.69. The molecule has 0 atom stereocenters. The van der Waals surface area contributed by atoms with E-state index in [-0.39, 0.29) is 0 Å². The molecule has 0 saturated carbocycles. The molecular formula is C24H29N7OS. The third kappa shape index (κ3) is 5.81. The summed E-state index contributed by atoms with van der Waals surface area (Å²) in [5.74, 6) is 0.777. The monoisotopic (exact) mass is 463 g/mol. The molecule has 1 N–H and O–H groups in total.